The summed E-state index contributed by atoms with van der Waals surface area (Å²) in [5.74, 6) is -4.91. The van der Waals surface area contributed by atoms with E-state index in [4.69, 9.17) is 34.2 Å². The van der Waals surface area contributed by atoms with Crippen LogP contribution >= 0.6 is 35.0 Å². The van der Waals surface area contributed by atoms with E-state index in [1.807, 2.05) is 25.3 Å². The van der Waals surface area contributed by atoms with Gasteiger partial charge in [-0.2, -0.15) is 18.0 Å². The number of benzene rings is 2. The van der Waals surface area contributed by atoms with E-state index in [1.165, 1.54) is 49.1 Å². The van der Waals surface area contributed by atoms with Crippen LogP contribution in [0.4, 0.5) is 33.3 Å². The number of hydrogen-bond donors (Lipinski definition) is 2. The fraction of sp³-hybridized carbons (Fsp3) is 0.607. The van der Waals surface area contributed by atoms with E-state index in [-0.39, 0.29) is 114 Å². The third-order valence-corrected chi connectivity index (χ3v) is 23.3. The van der Waals surface area contributed by atoms with Crippen LogP contribution in [0.2, 0.25) is 10.0 Å². The summed E-state index contributed by atoms with van der Waals surface area (Å²) in [5, 5.41) is 27.8. The number of aliphatic hydroxyl groups is 2. The Labute approximate surface area is 532 Å². The number of anilines is 2. The standard InChI is InChI=1S/C30H34ClF2NO6S.C29H32ClF2NO4S.CH3F.CH4S.Na/c1-27-10-8-20(35)13-23(27)24(32)14-22-21-12-17-16-34(19-6-4-18(31)5-7-19)40-30(17,25(36)9-11-41(3,38)39)28(21,2)15-26(37)29(22,27)33;1-26-9-8-19(34)11-22(26)23(31)12-21-20-10-16-14-33(18-6-4-17(30)5-7-18)37-29(16,25(36)15-38-3)27(20,2)13-24(35)28(21,26)32;2*1-2;/h4-8,10,13,17,21-22,24,26,37H,9,11-12,14-16H2,1-3H3;4-9,11,16,20-21,23-24,35H,10,12-15H2,1-3H3;1H3;2H,1H3;/q;;;;+1/p-1/t17-,21-,22-,24-,26-,27-,28-,29-,30-;16-,20-,21-,23-,24-,26-,27-,28-,29-;;;/m00.../s1/i;;1D;;. The van der Waals surface area contributed by atoms with Crippen molar-refractivity contribution >= 4 is 91.9 Å². The SMILES string of the molecule is CSCC(=O)[C@@]12ON(c3ccc(Cl)cc3)C[C@@H]1C[C@H]1[C@@H]3C[C@H](F)C4=CC(=O)C=C[C@]4(C)[C@@]3(F)[C@@H](O)C[C@@]12C.C[C@]12C=CC(=O)C=C1[C@@H](F)C[C@H]1[C@@H]3C[C@H]4CN(c5ccc(Cl)cc5)O[C@@]4(C(=O)CCS(C)(=O)=O)[C@@]3(C)C[C@H](O)[C@@]12F.C[S-].[2H]CF.[Na+]. The van der Waals surface area contributed by atoms with E-state index >= 15 is 17.6 Å². The zero-order valence-corrected chi connectivity index (χ0v) is 54.2. The van der Waals surface area contributed by atoms with Crippen molar-refractivity contribution < 1.29 is 100 Å². The first kappa shape index (κ1) is 65.8. The molecule has 23 heteroatoms. The van der Waals surface area contributed by atoms with Crippen LogP contribution in [-0.4, -0.2) is 139 Å². The van der Waals surface area contributed by atoms with E-state index in [2.05, 4.69) is 12.6 Å². The van der Waals surface area contributed by atoms with E-state index in [1.54, 1.807) is 66.6 Å². The number of hydrogen-bond acceptors (Lipinski definition) is 14. The van der Waals surface area contributed by atoms with Crippen LogP contribution in [0.5, 0.6) is 0 Å². The molecule has 2 N–H and O–H groups in total. The number of fused-ring (bicyclic) bond motifs is 14. The van der Waals surface area contributed by atoms with E-state index in [0.717, 1.165) is 18.0 Å². The summed E-state index contributed by atoms with van der Waals surface area (Å²) in [6.07, 6.45) is 5.98. The predicted octanol–water partition coefficient (Wildman–Crippen LogP) is 7.44. The molecule has 2 aromatic carbocycles. The van der Waals surface area contributed by atoms with Gasteiger partial charge in [0.2, 0.25) is 0 Å². The average Bonchev–Trinajstić information content (AvgIpc) is 1.64. The van der Waals surface area contributed by atoms with E-state index in [0.29, 0.717) is 35.1 Å². The summed E-state index contributed by atoms with van der Waals surface area (Å²) >= 11 is 17.6. The topological polar surface area (TPSA) is 168 Å². The van der Waals surface area contributed by atoms with Crippen LogP contribution in [0.3, 0.4) is 0 Å². The minimum atomic E-state index is -3.48. The number of carbonyl (C=O) groups is 4. The van der Waals surface area contributed by atoms with Crippen molar-refractivity contribution in [2.24, 2.45) is 57.2 Å². The Hall–Kier alpha value is -2.60. The molecule has 2 aromatic rings. The Morgan fingerprint density at radius 3 is 1.44 bits per heavy atom. The summed E-state index contributed by atoms with van der Waals surface area (Å²) in [6.45, 7) is 7.54. The van der Waals surface area contributed by atoms with Gasteiger partial charge in [0.05, 0.1) is 56.7 Å². The second-order valence-electron chi connectivity index (χ2n) is 25.0. The Balaban J connectivity index is 0.000000204. The smallest absolute Gasteiger partial charge is 0.796 e. The van der Waals surface area contributed by atoms with Crippen molar-refractivity contribution in [3.05, 3.63) is 106 Å². The number of carbonyl (C=O) groups excluding carboxylic acids is 4. The monoisotopic (exact) mass is 1280 g/mol. The maximum absolute atomic E-state index is 17.6. The molecule has 18 atom stereocenters. The molecular formula is C61H72Cl2F5N2NaO10S3. The zero-order valence-electron chi connectivity index (χ0n) is 49.3. The maximum atomic E-state index is 17.6. The number of aliphatic hydroxyl groups excluding tert-OH is 2. The summed E-state index contributed by atoms with van der Waals surface area (Å²) < 4.78 is 106. The summed E-state index contributed by atoms with van der Waals surface area (Å²) in [7, 11) is -4.48. The average molecular weight is 1280 g/mol. The maximum Gasteiger partial charge on any atom is 1.00 e. The molecule has 0 aromatic heterocycles. The third-order valence-electron chi connectivity index (χ3n) is 21.3. The van der Waals surface area contributed by atoms with Crippen molar-refractivity contribution in [1.29, 1.82) is 0 Å². The van der Waals surface area contributed by atoms with Crippen LogP contribution in [0.1, 0.15) is 74.0 Å². The molecule has 12 rings (SSSR count). The van der Waals surface area contributed by atoms with Crippen LogP contribution in [0.25, 0.3) is 0 Å². The fourth-order valence-corrected chi connectivity index (χ4v) is 19.0. The van der Waals surface area contributed by atoms with Crippen molar-refractivity contribution in [2.45, 2.75) is 120 Å². The van der Waals surface area contributed by atoms with Crippen molar-refractivity contribution in [1.82, 2.24) is 0 Å². The molecule has 8 aliphatic carbocycles. The molecule has 10 aliphatic rings. The van der Waals surface area contributed by atoms with Crippen molar-refractivity contribution in [3.8, 4) is 0 Å². The Morgan fingerprint density at radius 2 is 1.08 bits per heavy atom. The number of nitrogens with zero attached hydrogens (tertiary/aromatic N) is 2. The molecule has 2 aliphatic heterocycles. The van der Waals surface area contributed by atoms with Gasteiger partial charge in [-0.3, -0.25) is 43.4 Å². The summed E-state index contributed by atoms with van der Waals surface area (Å²) in [5.41, 5.74) is -10.8. The second kappa shape index (κ2) is 24.0. The largest absolute Gasteiger partial charge is 1.00 e. The molecular weight excluding hydrogens is 1210 g/mol. The molecule has 8 fully saturated rings. The van der Waals surface area contributed by atoms with Gasteiger partial charge in [0.1, 0.15) is 22.2 Å². The normalized spacial score (nSPS) is 41.8. The quantitative estimate of drug-likeness (QED) is 0.144. The van der Waals surface area contributed by atoms with Crippen LogP contribution < -0.4 is 39.7 Å². The van der Waals surface area contributed by atoms with Gasteiger partial charge in [-0.1, -0.05) is 49.2 Å². The summed E-state index contributed by atoms with van der Waals surface area (Å²) in [4.78, 5) is 65.6. The summed E-state index contributed by atoms with van der Waals surface area (Å²) in [6, 6.07) is 14.1. The van der Waals surface area contributed by atoms with Gasteiger partial charge in [-0.05, 0) is 154 Å². The number of ketones is 4. The third kappa shape index (κ3) is 9.87. The predicted molar refractivity (Wildman–Crippen MR) is 313 cm³/mol. The van der Waals surface area contributed by atoms with Crippen LogP contribution in [-0.2, 0) is 51.3 Å². The number of halogens is 7. The number of rotatable bonds is 9. The number of Topliss-reactive ketones (excluding diaryl/α,β-unsaturated/α-hetero) is 2. The van der Waals surface area contributed by atoms with Crippen LogP contribution in [0, 0.1) is 57.2 Å². The fourth-order valence-electron chi connectivity index (χ4n) is 17.7. The number of hydroxylamine groups is 2. The van der Waals surface area contributed by atoms with E-state index < -0.39 is 121 Å². The number of allylic oxidation sites excluding steroid dienone is 8. The molecule has 12 nitrogen and oxygen atoms in total. The molecule has 2 heterocycles. The molecule has 0 radical (unpaired) electrons. The van der Waals surface area contributed by atoms with Gasteiger partial charge < -0.3 is 22.8 Å². The van der Waals surface area contributed by atoms with Gasteiger partial charge in [-0.15, -0.1) is 0 Å². The van der Waals surface area contributed by atoms with Gasteiger partial charge >= 0.3 is 29.6 Å². The molecule has 0 amide bonds. The first-order chi connectivity index (χ1) is 39.4. The van der Waals surface area contributed by atoms with E-state index in [9.17, 15) is 42.2 Å². The molecule has 0 bridgehead atoms. The molecule has 0 spiro atoms. The Morgan fingerprint density at radius 1 is 0.714 bits per heavy atom. The number of sulfone groups is 1. The second-order valence-corrected chi connectivity index (χ2v) is 29.0. The number of alkyl halides is 5. The molecule has 2 saturated heterocycles. The van der Waals surface area contributed by atoms with Crippen molar-refractivity contribution in [3.63, 3.8) is 0 Å². The van der Waals surface area contributed by atoms with Gasteiger partial charge in [0, 0.05) is 68.1 Å². The Bertz CT molecular complexity index is 3190. The zero-order chi connectivity index (χ0) is 61.7. The first-order valence-electron chi connectivity index (χ1n) is 28.5. The molecule has 84 heavy (non-hydrogen) atoms. The molecule has 454 valence electrons. The van der Waals surface area contributed by atoms with Crippen LogP contribution in [0.15, 0.2) is 96.1 Å². The van der Waals surface area contributed by atoms with Gasteiger partial charge in [0.15, 0.2) is 45.7 Å². The molecule has 6 saturated carbocycles. The number of thioether (sulfide) groups is 1. The van der Waals surface area contributed by atoms with Gasteiger partial charge in [-0.25, -0.2) is 26.0 Å². The minimum absolute atomic E-state index is 0. The van der Waals surface area contributed by atoms with Crippen molar-refractivity contribution in [2.75, 3.05) is 60.6 Å². The minimum Gasteiger partial charge on any atom is -0.796 e. The first-order valence-corrected chi connectivity index (χ1v) is 32.8. The molecule has 0 unspecified atom stereocenters. The Kier molecular flexibility index (Phi) is 18.8. The van der Waals surface area contributed by atoms with Gasteiger partial charge in [0.25, 0.3) is 0 Å².